The fourth-order valence-electron chi connectivity index (χ4n) is 1.98. The Labute approximate surface area is 112 Å². The molecule has 0 atom stereocenters. The molecule has 2 N–H and O–H groups in total. The van der Waals surface area contributed by atoms with Crippen LogP contribution in [0, 0.1) is 0 Å². The largest absolute Gasteiger partial charge is 0.478 e. The van der Waals surface area contributed by atoms with E-state index in [2.05, 4.69) is 0 Å². The van der Waals surface area contributed by atoms with Crippen LogP contribution < -0.4 is 0 Å². The molecular formula is C14H19NO4. The van der Waals surface area contributed by atoms with Gasteiger partial charge in [0.05, 0.1) is 11.1 Å². The van der Waals surface area contributed by atoms with Gasteiger partial charge in [-0.25, -0.2) is 9.59 Å². The summed E-state index contributed by atoms with van der Waals surface area (Å²) in [7, 11) is 6.00. The monoisotopic (exact) mass is 265 g/mol. The number of benzene rings is 1. The molecule has 0 amide bonds. The van der Waals surface area contributed by atoms with E-state index >= 15 is 0 Å². The molecule has 1 aliphatic rings. The molecule has 5 nitrogen and oxygen atoms in total. The molecule has 0 aromatic heterocycles. The molecule has 0 saturated carbocycles. The highest BCUT2D eigenvalue weighted by atomic mass is 16.4. The first-order valence-corrected chi connectivity index (χ1v) is 6.06. The van der Waals surface area contributed by atoms with Crippen LogP contribution in [0.2, 0.25) is 0 Å². The van der Waals surface area contributed by atoms with Gasteiger partial charge in [-0.3, -0.25) is 0 Å². The number of nitrogens with zero attached hydrogens (tertiary/aromatic N) is 1. The molecule has 104 valence electrons. The summed E-state index contributed by atoms with van der Waals surface area (Å²) in [5.41, 5.74) is 1.72. The lowest BCUT2D eigenvalue weighted by atomic mass is 10.00. The first-order valence-electron chi connectivity index (χ1n) is 6.06. The Morgan fingerprint density at radius 2 is 1.26 bits per heavy atom. The minimum atomic E-state index is -1.18. The quantitative estimate of drug-likeness (QED) is 0.851. The van der Waals surface area contributed by atoms with E-state index in [9.17, 15) is 9.59 Å². The minimum Gasteiger partial charge on any atom is -0.478 e. The zero-order valence-corrected chi connectivity index (χ0v) is 11.4. The van der Waals surface area contributed by atoms with Gasteiger partial charge in [-0.1, -0.05) is 0 Å². The minimum absolute atomic E-state index is 0.108. The maximum Gasteiger partial charge on any atom is 0.336 e. The van der Waals surface area contributed by atoms with Gasteiger partial charge in [0, 0.05) is 0 Å². The zero-order chi connectivity index (χ0) is 14.6. The number of aryl methyl sites for hydroxylation is 2. The predicted octanol–water partition coefficient (Wildman–Crippen LogP) is 1.75. The lowest BCUT2D eigenvalue weighted by Gasteiger charge is -2.05. The highest BCUT2D eigenvalue weighted by Crippen LogP contribution is 2.25. The van der Waals surface area contributed by atoms with Crippen molar-refractivity contribution in [2.75, 3.05) is 21.1 Å². The highest BCUT2D eigenvalue weighted by Gasteiger charge is 2.21. The first kappa shape index (κ1) is 15.2. The van der Waals surface area contributed by atoms with Crippen LogP contribution in [0.3, 0.4) is 0 Å². The number of carbonyl (C=O) groups is 2. The molecule has 0 radical (unpaired) electrons. The zero-order valence-electron chi connectivity index (χ0n) is 11.4. The average Bonchev–Trinajstić information content (AvgIpc) is 2.72. The van der Waals surface area contributed by atoms with E-state index in [-0.39, 0.29) is 11.1 Å². The number of hydrogen-bond acceptors (Lipinski definition) is 3. The van der Waals surface area contributed by atoms with Gasteiger partial charge >= 0.3 is 11.9 Å². The van der Waals surface area contributed by atoms with E-state index < -0.39 is 11.9 Å². The Bertz CT molecular complexity index is 451. The SMILES string of the molecule is CN(C)C.O=C(O)c1cc2c(cc1C(=O)O)CCC2. The van der Waals surface area contributed by atoms with Gasteiger partial charge in [0.25, 0.3) is 0 Å². The molecule has 0 bridgehead atoms. The topological polar surface area (TPSA) is 77.8 Å². The van der Waals surface area contributed by atoms with Crippen molar-refractivity contribution in [3.63, 3.8) is 0 Å². The van der Waals surface area contributed by atoms with Crippen LogP contribution in [0.4, 0.5) is 0 Å². The second kappa shape index (κ2) is 6.33. The Morgan fingerprint density at radius 3 is 1.53 bits per heavy atom. The van der Waals surface area contributed by atoms with Crippen molar-refractivity contribution >= 4 is 11.9 Å². The molecule has 0 heterocycles. The molecule has 1 aliphatic carbocycles. The van der Waals surface area contributed by atoms with E-state index in [1.54, 1.807) is 0 Å². The van der Waals surface area contributed by atoms with E-state index in [1.807, 2.05) is 26.0 Å². The third kappa shape index (κ3) is 4.06. The lowest BCUT2D eigenvalue weighted by molar-refractivity contribution is 0.0651. The van der Waals surface area contributed by atoms with Crippen molar-refractivity contribution < 1.29 is 19.8 Å². The summed E-state index contributed by atoms with van der Waals surface area (Å²) in [6, 6.07) is 2.99. The number of hydrogen-bond donors (Lipinski definition) is 2. The molecule has 0 fully saturated rings. The van der Waals surface area contributed by atoms with Crippen LogP contribution >= 0.6 is 0 Å². The van der Waals surface area contributed by atoms with Crippen molar-refractivity contribution in [2.24, 2.45) is 0 Å². The van der Waals surface area contributed by atoms with Crippen molar-refractivity contribution in [3.8, 4) is 0 Å². The van der Waals surface area contributed by atoms with Crippen LogP contribution in [0.1, 0.15) is 38.3 Å². The Morgan fingerprint density at radius 1 is 0.947 bits per heavy atom. The molecule has 0 saturated heterocycles. The fourth-order valence-corrected chi connectivity index (χ4v) is 1.98. The van der Waals surface area contributed by atoms with Crippen LogP contribution in [0.15, 0.2) is 12.1 Å². The third-order valence-electron chi connectivity index (χ3n) is 2.69. The molecule has 0 spiro atoms. The molecule has 1 aromatic rings. The summed E-state index contributed by atoms with van der Waals surface area (Å²) in [5.74, 6) is -2.36. The van der Waals surface area contributed by atoms with Gasteiger partial charge in [-0.15, -0.1) is 0 Å². The average molecular weight is 265 g/mol. The molecule has 1 aromatic carbocycles. The summed E-state index contributed by atoms with van der Waals surface area (Å²) in [6.45, 7) is 0. The second-order valence-corrected chi connectivity index (χ2v) is 4.97. The summed E-state index contributed by atoms with van der Waals surface area (Å²) >= 11 is 0. The van der Waals surface area contributed by atoms with Gasteiger partial charge in [-0.05, 0) is 63.7 Å². The summed E-state index contributed by atoms with van der Waals surface area (Å²) in [6.07, 6.45) is 2.66. The van der Waals surface area contributed by atoms with E-state index in [4.69, 9.17) is 10.2 Å². The number of rotatable bonds is 2. The van der Waals surface area contributed by atoms with Gasteiger partial charge in [0.2, 0.25) is 0 Å². The van der Waals surface area contributed by atoms with Crippen LogP contribution in [0.5, 0.6) is 0 Å². The van der Waals surface area contributed by atoms with Gasteiger partial charge in [-0.2, -0.15) is 0 Å². The van der Waals surface area contributed by atoms with Crippen molar-refractivity contribution in [1.82, 2.24) is 4.90 Å². The van der Waals surface area contributed by atoms with Crippen LogP contribution in [-0.2, 0) is 12.8 Å². The summed E-state index contributed by atoms with van der Waals surface area (Å²) in [5, 5.41) is 17.8. The molecule has 2 rings (SSSR count). The van der Waals surface area contributed by atoms with Gasteiger partial charge in [0.1, 0.15) is 0 Å². The van der Waals surface area contributed by atoms with Gasteiger partial charge < -0.3 is 15.1 Å². The van der Waals surface area contributed by atoms with Crippen molar-refractivity contribution in [2.45, 2.75) is 19.3 Å². The standard InChI is InChI=1S/C11H10O4.C3H9N/c12-10(13)8-4-6-2-1-3-7(6)5-9(8)11(14)15;1-4(2)3/h4-5H,1-3H2,(H,12,13)(H,14,15);1-3H3. The Balaban J connectivity index is 0.000000399. The van der Waals surface area contributed by atoms with Crippen molar-refractivity contribution in [3.05, 3.63) is 34.4 Å². The second-order valence-electron chi connectivity index (χ2n) is 4.97. The number of carboxylic acids is 2. The Hall–Kier alpha value is -1.88. The van der Waals surface area contributed by atoms with E-state index in [0.717, 1.165) is 30.4 Å². The van der Waals surface area contributed by atoms with Crippen LogP contribution in [0.25, 0.3) is 0 Å². The molecule has 5 heteroatoms. The lowest BCUT2D eigenvalue weighted by Crippen LogP contribution is -2.09. The summed E-state index contributed by atoms with van der Waals surface area (Å²) in [4.78, 5) is 23.7. The maximum atomic E-state index is 10.9. The smallest absolute Gasteiger partial charge is 0.336 e. The highest BCUT2D eigenvalue weighted by molar-refractivity contribution is 6.02. The number of fused-ring (bicyclic) bond motifs is 1. The third-order valence-corrected chi connectivity index (χ3v) is 2.69. The normalized spacial score (nSPS) is 12.6. The molecule has 0 aliphatic heterocycles. The summed E-state index contributed by atoms with van der Waals surface area (Å²) < 4.78 is 0. The van der Waals surface area contributed by atoms with Crippen molar-refractivity contribution in [1.29, 1.82) is 0 Å². The maximum absolute atomic E-state index is 10.9. The first-order chi connectivity index (χ1) is 8.82. The Kier molecular flexibility index (Phi) is 5.06. The molecule has 0 unspecified atom stereocenters. The van der Waals surface area contributed by atoms with E-state index in [1.165, 1.54) is 12.1 Å². The van der Waals surface area contributed by atoms with Crippen LogP contribution in [-0.4, -0.2) is 48.2 Å². The fraction of sp³-hybridized carbons (Fsp3) is 0.429. The number of carboxylic acid groups (broad SMARTS) is 2. The van der Waals surface area contributed by atoms with E-state index in [0.29, 0.717) is 0 Å². The number of aromatic carboxylic acids is 2. The van der Waals surface area contributed by atoms with Gasteiger partial charge in [0.15, 0.2) is 0 Å². The predicted molar refractivity (Wildman–Crippen MR) is 72.0 cm³/mol. The molecule has 19 heavy (non-hydrogen) atoms. The molecular weight excluding hydrogens is 246 g/mol.